The predicted molar refractivity (Wildman–Crippen MR) is 91.9 cm³/mol. The molecule has 0 saturated heterocycles. The third-order valence-electron chi connectivity index (χ3n) is 3.01. The lowest BCUT2D eigenvalue weighted by Gasteiger charge is -2.05. The molecule has 2 rings (SSSR count). The van der Waals surface area contributed by atoms with Crippen LogP contribution in [0, 0.1) is 10.1 Å². The third-order valence-corrected chi connectivity index (χ3v) is 3.01. The molecule has 0 aliphatic carbocycles. The van der Waals surface area contributed by atoms with Gasteiger partial charge in [-0.2, -0.15) is 5.10 Å². The molecule has 130 valence electrons. The first-order valence-electron chi connectivity index (χ1n) is 7.51. The summed E-state index contributed by atoms with van der Waals surface area (Å²) in [6.45, 7) is 2.10. The first kappa shape index (κ1) is 17.9. The van der Waals surface area contributed by atoms with Crippen molar-refractivity contribution in [2.45, 2.75) is 6.92 Å². The Balaban J connectivity index is 1.83. The fourth-order valence-electron chi connectivity index (χ4n) is 1.90. The van der Waals surface area contributed by atoms with Crippen molar-refractivity contribution < 1.29 is 19.2 Å². The van der Waals surface area contributed by atoms with Crippen LogP contribution in [0.2, 0.25) is 0 Å². The van der Waals surface area contributed by atoms with Crippen LogP contribution in [0.4, 0.5) is 5.69 Å². The van der Waals surface area contributed by atoms with Crippen LogP contribution in [-0.4, -0.2) is 30.3 Å². The highest BCUT2D eigenvalue weighted by molar-refractivity contribution is 5.83. The third kappa shape index (κ3) is 5.61. The van der Waals surface area contributed by atoms with Gasteiger partial charge in [0.25, 0.3) is 5.91 Å². The quantitative estimate of drug-likeness (QED) is 0.451. The van der Waals surface area contributed by atoms with Crippen LogP contribution < -0.4 is 14.9 Å². The lowest BCUT2D eigenvalue weighted by molar-refractivity contribution is -0.385. The Bertz CT molecular complexity index is 759. The van der Waals surface area contributed by atoms with Gasteiger partial charge >= 0.3 is 5.69 Å². The van der Waals surface area contributed by atoms with Gasteiger partial charge in [0.15, 0.2) is 12.4 Å². The molecule has 0 aromatic heterocycles. The molecule has 0 unspecified atom stereocenters. The monoisotopic (exact) mass is 343 g/mol. The van der Waals surface area contributed by atoms with Gasteiger partial charge < -0.3 is 9.47 Å². The summed E-state index contributed by atoms with van der Waals surface area (Å²) >= 11 is 0. The van der Waals surface area contributed by atoms with E-state index >= 15 is 0 Å². The normalized spacial score (nSPS) is 10.4. The van der Waals surface area contributed by atoms with Gasteiger partial charge in [-0.3, -0.25) is 14.9 Å². The summed E-state index contributed by atoms with van der Waals surface area (Å²) in [5.74, 6) is 0.250. The summed E-state index contributed by atoms with van der Waals surface area (Å²) in [5, 5.41) is 14.7. The molecule has 1 N–H and O–H groups in total. The fraction of sp³-hybridized carbons (Fsp3) is 0.176. The highest BCUT2D eigenvalue weighted by atomic mass is 16.6. The van der Waals surface area contributed by atoms with E-state index < -0.39 is 10.8 Å². The van der Waals surface area contributed by atoms with Gasteiger partial charge in [0, 0.05) is 6.07 Å². The number of hydrogen-bond donors (Lipinski definition) is 1. The maximum absolute atomic E-state index is 11.7. The fourth-order valence-corrected chi connectivity index (χ4v) is 1.90. The molecule has 0 spiro atoms. The van der Waals surface area contributed by atoms with Crippen molar-refractivity contribution in [3.63, 3.8) is 0 Å². The van der Waals surface area contributed by atoms with E-state index in [1.807, 2.05) is 6.92 Å². The van der Waals surface area contributed by atoms with Crippen LogP contribution in [0.5, 0.6) is 11.5 Å². The molecule has 0 saturated carbocycles. The van der Waals surface area contributed by atoms with Crippen molar-refractivity contribution in [1.29, 1.82) is 0 Å². The summed E-state index contributed by atoms with van der Waals surface area (Å²) in [7, 11) is 0. The minimum absolute atomic E-state index is 0.0261. The number of nitrogens with zero attached hydrogens (tertiary/aromatic N) is 2. The van der Waals surface area contributed by atoms with Crippen LogP contribution in [0.25, 0.3) is 0 Å². The largest absolute Gasteiger partial charge is 0.494 e. The van der Waals surface area contributed by atoms with Gasteiger partial charge in [-0.15, -0.1) is 0 Å². The molecule has 0 radical (unpaired) electrons. The van der Waals surface area contributed by atoms with Crippen molar-refractivity contribution in [1.82, 2.24) is 5.43 Å². The van der Waals surface area contributed by atoms with Gasteiger partial charge in [-0.1, -0.05) is 12.1 Å². The number of amides is 1. The Morgan fingerprint density at radius 3 is 2.60 bits per heavy atom. The number of carbonyl (C=O) groups is 1. The second-order valence-corrected chi connectivity index (χ2v) is 4.81. The number of hydrogen-bond acceptors (Lipinski definition) is 6. The van der Waals surface area contributed by atoms with E-state index in [4.69, 9.17) is 9.47 Å². The van der Waals surface area contributed by atoms with Crippen molar-refractivity contribution in [3.8, 4) is 11.5 Å². The van der Waals surface area contributed by atoms with Crippen molar-refractivity contribution in [3.05, 3.63) is 64.2 Å². The number of hydrazone groups is 1. The van der Waals surface area contributed by atoms with E-state index in [9.17, 15) is 14.9 Å². The standard InChI is InChI=1S/C17H17N3O5/c1-2-24-14-9-7-13(8-10-14)11-18-19-17(21)12-25-16-6-4-3-5-15(16)20(22)23/h3-11H,2,12H2,1H3,(H,19,21)/b18-11+. The minimum atomic E-state index is -0.572. The zero-order chi connectivity index (χ0) is 18.1. The number of benzene rings is 2. The molecule has 0 heterocycles. The van der Waals surface area contributed by atoms with Gasteiger partial charge in [-0.05, 0) is 42.8 Å². The second-order valence-electron chi connectivity index (χ2n) is 4.81. The summed E-state index contributed by atoms with van der Waals surface area (Å²) in [5.41, 5.74) is 2.87. The van der Waals surface area contributed by atoms with Crippen LogP contribution >= 0.6 is 0 Å². The number of para-hydroxylation sites is 2. The van der Waals surface area contributed by atoms with Gasteiger partial charge in [0.1, 0.15) is 5.75 Å². The first-order valence-corrected chi connectivity index (χ1v) is 7.51. The average Bonchev–Trinajstić information content (AvgIpc) is 2.62. The van der Waals surface area contributed by atoms with Crippen molar-refractivity contribution in [2.75, 3.05) is 13.2 Å². The van der Waals surface area contributed by atoms with Gasteiger partial charge in [0.05, 0.1) is 17.7 Å². The Hall–Kier alpha value is -3.42. The van der Waals surface area contributed by atoms with E-state index in [0.717, 1.165) is 11.3 Å². The molecule has 0 aliphatic rings. The first-order chi connectivity index (χ1) is 12.1. The lowest BCUT2D eigenvalue weighted by atomic mass is 10.2. The van der Waals surface area contributed by atoms with E-state index in [0.29, 0.717) is 6.61 Å². The summed E-state index contributed by atoms with van der Waals surface area (Å²) in [6.07, 6.45) is 1.47. The topological polar surface area (TPSA) is 103 Å². The highest BCUT2D eigenvalue weighted by Gasteiger charge is 2.14. The smallest absolute Gasteiger partial charge is 0.310 e. The van der Waals surface area contributed by atoms with E-state index in [2.05, 4.69) is 10.5 Å². The zero-order valence-corrected chi connectivity index (χ0v) is 13.5. The Kier molecular flexibility index (Phi) is 6.47. The maximum Gasteiger partial charge on any atom is 0.310 e. The molecule has 0 bridgehead atoms. The molecule has 25 heavy (non-hydrogen) atoms. The molecule has 0 atom stereocenters. The predicted octanol–water partition coefficient (Wildman–Crippen LogP) is 2.52. The van der Waals surface area contributed by atoms with Crippen molar-refractivity contribution >= 4 is 17.8 Å². The highest BCUT2D eigenvalue weighted by Crippen LogP contribution is 2.25. The van der Waals surface area contributed by atoms with Crippen LogP contribution in [0.1, 0.15) is 12.5 Å². The second kappa shape index (κ2) is 9.02. The number of carbonyl (C=O) groups excluding carboxylic acids is 1. The number of rotatable bonds is 8. The van der Waals surface area contributed by atoms with E-state index in [1.165, 1.54) is 24.4 Å². The molecule has 0 aliphatic heterocycles. The molecule has 0 fully saturated rings. The summed E-state index contributed by atoms with van der Waals surface area (Å²) < 4.78 is 10.5. The van der Waals surface area contributed by atoms with Crippen molar-refractivity contribution in [2.24, 2.45) is 5.10 Å². The number of nitrogens with one attached hydrogen (secondary N) is 1. The number of nitro benzene ring substituents is 1. The molecular formula is C17H17N3O5. The summed E-state index contributed by atoms with van der Waals surface area (Å²) in [4.78, 5) is 22.0. The average molecular weight is 343 g/mol. The molecule has 2 aromatic rings. The SMILES string of the molecule is CCOc1ccc(/C=N/NC(=O)COc2ccccc2[N+](=O)[O-])cc1. The molecule has 2 aromatic carbocycles. The lowest BCUT2D eigenvalue weighted by Crippen LogP contribution is -2.24. The molecule has 1 amide bonds. The number of nitro groups is 1. The molecule has 8 heteroatoms. The minimum Gasteiger partial charge on any atom is -0.494 e. The maximum atomic E-state index is 11.7. The van der Waals surface area contributed by atoms with Crippen LogP contribution in [0.15, 0.2) is 53.6 Å². The zero-order valence-electron chi connectivity index (χ0n) is 13.5. The van der Waals surface area contributed by atoms with Gasteiger partial charge in [0.2, 0.25) is 0 Å². The summed E-state index contributed by atoms with van der Waals surface area (Å²) in [6, 6.07) is 13.0. The van der Waals surface area contributed by atoms with E-state index in [1.54, 1.807) is 30.3 Å². The van der Waals surface area contributed by atoms with Gasteiger partial charge in [-0.25, -0.2) is 5.43 Å². The van der Waals surface area contributed by atoms with Crippen LogP contribution in [0.3, 0.4) is 0 Å². The number of ether oxygens (including phenoxy) is 2. The molecular weight excluding hydrogens is 326 g/mol. The van der Waals surface area contributed by atoms with Crippen LogP contribution in [-0.2, 0) is 4.79 Å². The Morgan fingerprint density at radius 1 is 1.20 bits per heavy atom. The Morgan fingerprint density at radius 2 is 1.92 bits per heavy atom. The Labute approximate surface area is 144 Å². The van der Waals surface area contributed by atoms with E-state index in [-0.39, 0.29) is 18.0 Å². The molecule has 8 nitrogen and oxygen atoms in total.